The predicted molar refractivity (Wildman–Crippen MR) is 93.3 cm³/mol. The van der Waals surface area contributed by atoms with E-state index in [1.54, 1.807) is 23.6 Å². The Balaban J connectivity index is 2.09. The molecule has 0 atom stereocenters. The minimum atomic E-state index is -3.90. The quantitative estimate of drug-likeness (QED) is 0.659. The molecule has 124 valence electrons. The summed E-state index contributed by atoms with van der Waals surface area (Å²) in [7, 11) is -3.90. The molecule has 3 aromatic rings. The Morgan fingerprint density at radius 3 is 2.50 bits per heavy atom. The van der Waals surface area contributed by atoms with Crippen molar-refractivity contribution in [2.75, 3.05) is 4.31 Å². The summed E-state index contributed by atoms with van der Waals surface area (Å²) >= 11 is 7.21. The third kappa shape index (κ3) is 3.28. The van der Waals surface area contributed by atoms with Crippen LogP contribution in [0.3, 0.4) is 0 Å². The van der Waals surface area contributed by atoms with Gasteiger partial charge in [-0.1, -0.05) is 35.9 Å². The number of sulfonamides is 1. The SMILES string of the molecule is O=S(=O)(c1ccccc1)N(Cc1c(F)cccc1Cl)c1nccs1. The molecule has 3 rings (SSSR count). The molecule has 0 fully saturated rings. The molecule has 0 N–H and O–H groups in total. The van der Waals surface area contributed by atoms with Crippen LogP contribution in [0.2, 0.25) is 5.02 Å². The van der Waals surface area contributed by atoms with Gasteiger partial charge in [-0.2, -0.15) is 0 Å². The van der Waals surface area contributed by atoms with Gasteiger partial charge >= 0.3 is 0 Å². The molecule has 0 aliphatic rings. The van der Waals surface area contributed by atoms with Crippen LogP contribution < -0.4 is 4.31 Å². The van der Waals surface area contributed by atoms with Gasteiger partial charge in [-0.15, -0.1) is 11.3 Å². The second-order valence-corrected chi connectivity index (χ2v) is 7.98. The van der Waals surface area contributed by atoms with Crippen LogP contribution in [0, 0.1) is 5.82 Å². The summed E-state index contributed by atoms with van der Waals surface area (Å²) in [6, 6.07) is 12.2. The van der Waals surface area contributed by atoms with Gasteiger partial charge in [-0.05, 0) is 24.3 Å². The van der Waals surface area contributed by atoms with Crippen LogP contribution in [-0.2, 0) is 16.6 Å². The summed E-state index contributed by atoms with van der Waals surface area (Å²) in [6.45, 7) is -0.240. The van der Waals surface area contributed by atoms with E-state index < -0.39 is 15.8 Å². The van der Waals surface area contributed by atoms with Gasteiger partial charge < -0.3 is 0 Å². The van der Waals surface area contributed by atoms with Crippen molar-refractivity contribution < 1.29 is 12.8 Å². The Kier molecular flexibility index (Phi) is 4.84. The molecule has 0 radical (unpaired) electrons. The van der Waals surface area contributed by atoms with E-state index in [1.165, 1.54) is 36.5 Å². The van der Waals surface area contributed by atoms with E-state index in [1.807, 2.05) is 0 Å². The van der Waals surface area contributed by atoms with Crippen molar-refractivity contribution in [2.24, 2.45) is 0 Å². The van der Waals surface area contributed by atoms with Gasteiger partial charge in [0.2, 0.25) is 0 Å². The largest absolute Gasteiger partial charge is 0.266 e. The predicted octanol–water partition coefficient (Wildman–Crippen LogP) is 4.33. The number of nitrogens with zero attached hydrogens (tertiary/aromatic N) is 2. The molecule has 0 spiro atoms. The number of aromatic nitrogens is 1. The second kappa shape index (κ2) is 6.88. The second-order valence-electron chi connectivity index (χ2n) is 4.84. The van der Waals surface area contributed by atoms with Crippen molar-refractivity contribution in [1.82, 2.24) is 4.98 Å². The highest BCUT2D eigenvalue weighted by atomic mass is 35.5. The first-order valence-corrected chi connectivity index (χ1v) is 9.60. The van der Waals surface area contributed by atoms with Crippen LogP contribution in [0.4, 0.5) is 9.52 Å². The lowest BCUT2D eigenvalue weighted by Crippen LogP contribution is -2.31. The fourth-order valence-electron chi connectivity index (χ4n) is 2.14. The Hall–Kier alpha value is -1.96. The van der Waals surface area contributed by atoms with Crippen LogP contribution in [0.25, 0.3) is 0 Å². The molecule has 0 amide bonds. The summed E-state index contributed by atoms with van der Waals surface area (Å²) in [5.74, 6) is -0.563. The summed E-state index contributed by atoms with van der Waals surface area (Å²) in [4.78, 5) is 4.17. The van der Waals surface area contributed by atoms with E-state index in [0.29, 0.717) is 0 Å². The third-order valence-corrected chi connectivity index (χ3v) is 6.34. The molecule has 1 heterocycles. The maximum Gasteiger partial charge on any atom is 0.266 e. The Morgan fingerprint density at radius 2 is 1.88 bits per heavy atom. The molecular weight excluding hydrogens is 371 g/mol. The van der Waals surface area contributed by atoms with Crippen molar-refractivity contribution in [3.05, 3.63) is 76.5 Å². The molecule has 0 bridgehead atoms. The van der Waals surface area contributed by atoms with Gasteiger partial charge in [-0.25, -0.2) is 22.1 Å². The first kappa shape index (κ1) is 16.9. The summed E-state index contributed by atoms with van der Waals surface area (Å²) in [6.07, 6.45) is 1.50. The lowest BCUT2D eigenvalue weighted by atomic mass is 10.2. The van der Waals surface area contributed by atoms with Crippen LogP contribution in [0.1, 0.15) is 5.56 Å². The van der Waals surface area contributed by atoms with Crippen LogP contribution in [0.15, 0.2) is 65.0 Å². The maximum atomic E-state index is 14.1. The zero-order valence-corrected chi connectivity index (χ0v) is 14.7. The molecule has 24 heavy (non-hydrogen) atoms. The van der Waals surface area contributed by atoms with Gasteiger partial charge in [-0.3, -0.25) is 0 Å². The van der Waals surface area contributed by atoms with Crippen LogP contribution in [0.5, 0.6) is 0 Å². The molecule has 0 saturated carbocycles. The zero-order valence-electron chi connectivity index (χ0n) is 12.3. The molecule has 0 aliphatic carbocycles. The van der Waals surface area contributed by atoms with Gasteiger partial charge in [0.05, 0.1) is 11.4 Å². The molecule has 0 aliphatic heterocycles. The van der Waals surface area contributed by atoms with E-state index in [0.717, 1.165) is 15.6 Å². The minimum Gasteiger partial charge on any atom is -0.236 e. The number of halogens is 2. The van der Waals surface area contributed by atoms with Crippen molar-refractivity contribution in [3.8, 4) is 0 Å². The van der Waals surface area contributed by atoms with E-state index in [2.05, 4.69) is 4.98 Å². The topological polar surface area (TPSA) is 50.3 Å². The average Bonchev–Trinajstić information content (AvgIpc) is 3.09. The molecule has 1 aromatic heterocycles. The summed E-state index contributed by atoms with van der Waals surface area (Å²) in [5.41, 5.74) is 0.105. The van der Waals surface area contributed by atoms with E-state index in [9.17, 15) is 12.8 Å². The highest BCUT2D eigenvalue weighted by Crippen LogP contribution is 2.30. The van der Waals surface area contributed by atoms with Crippen molar-refractivity contribution in [1.29, 1.82) is 0 Å². The molecule has 8 heteroatoms. The molecule has 4 nitrogen and oxygen atoms in total. The molecule has 0 saturated heterocycles. The maximum absolute atomic E-state index is 14.1. The highest BCUT2D eigenvalue weighted by Gasteiger charge is 2.28. The van der Waals surface area contributed by atoms with Gasteiger partial charge in [0.1, 0.15) is 5.82 Å². The fourth-order valence-corrected chi connectivity index (χ4v) is 4.64. The lowest BCUT2D eigenvalue weighted by molar-refractivity contribution is 0.585. The Labute approximate surface area is 148 Å². The number of hydrogen-bond donors (Lipinski definition) is 0. The first-order valence-electron chi connectivity index (χ1n) is 6.90. The minimum absolute atomic E-state index is 0.104. The summed E-state index contributed by atoms with van der Waals surface area (Å²) < 4.78 is 41.2. The average molecular weight is 383 g/mol. The van der Waals surface area contributed by atoms with Crippen molar-refractivity contribution in [3.63, 3.8) is 0 Å². The van der Waals surface area contributed by atoms with Crippen LogP contribution >= 0.6 is 22.9 Å². The highest BCUT2D eigenvalue weighted by molar-refractivity contribution is 7.93. The normalized spacial score (nSPS) is 11.4. The first-order chi connectivity index (χ1) is 11.5. The van der Waals surface area contributed by atoms with Crippen LogP contribution in [-0.4, -0.2) is 13.4 Å². The van der Waals surface area contributed by atoms with Gasteiger partial charge in [0.15, 0.2) is 5.13 Å². The monoisotopic (exact) mass is 382 g/mol. The van der Waals surface area contributed by atoms with Gasteiger partial charge in [0.25, 0.3) is 10.0 Å². The fraction of sp³-hybridized carbons (Fsp3) is 0.0625. The van der Waals surface area contributed by atoms with E-state index in [4.69, 9.17) is 11.6 Å². The number of rotatable bonds is 5. The number of thiazole rings is 1. The molecule has 0 unspecified atom stereocenters. The van der Waals surface area contributed by atoms with E-state index >= 15 is 0 Å². The Bertz CT molecular complexity index is 912. The smallest absolute Gasteiger partial charge is 0.236 e. The van der Waals surface area contributed by atoms with Gasteiger partial charge in [0, 0.05) is 22.2 Å². The third-order valence-electron chi connectivity index (χ3n) is 3.33. The summed E-state index contributed by atoms with van der Waals surface area (Å²) in [5, 5.41) is 2.07. The standard InChI is InChI=1S/C16H12ClFN2O2S2/c17-14-7-4-8-15(18)13(14)11-20(16-19-9-10-23-16)24(21,22)12-5-2-1-3-6-12/h1-10H,11H2. The number of anilines is 1. The molecular formula is C16H12ClFN2O2S2. The van der Waals surface area contributed by atoms with Crippen molar-refractivity contribution >= 4 is 38.1 Å². The number of benzene rings is 2. The molecule has 2 aromatic carbocycles. The Morgan fingerprint density at radius 1 is 1.12 bits per heavy atom. The number of hydrogen-bond acceptors (Lipinski definition) is 4. The van der Waals surface area contributed by atoms with E-state index in [-0.39, 0.29) is 27.2 Å². The lowest BCUT2D eigenvalue weighted by Gasteiger charge is -2.22. The zero-order chi connectivity index (χ0) is 17.2. The van der Waals surface area contributed by atoms with Crippen molar-refractivity contribution in [2.45, 2.75) is 11.4 Å².